The number of carbonyl (C=O) groups is 2. The molecule has 1 N–H and O–H groups in total. The first-order valence-electron chi connectivity index (χ1n) is 6.01. The van der Waals surface area contributed by atoms with Crippen LogP contribution in [0.25, 0.3) is 16.4 Å². The average molecular weight is 307 g/mol. The Morgan fingerprint density at radius 1 is 1.55 bits per heavy atom. The summed E-state index contributed by atoms with van der Waals surface area (Å²) in [5.41, 5.74) is 1.44. The van der Waals surface area contributed by atoms with Crippen molar-refractivity contribution in [2.45, 2.75) is 11.4 Å². The molecule has 0 radical (unpaired) electrons. The van der Waals surface area contributed by atoms with E-state index in [1.165, 1.54) is 16.7 Å². The molecule has 0 bridgehead atoms. The van der Waals surface area contributed by atoms with Crippen LogP contribution in [0.2, 0.25) is 0 Å². The summed E-state index contributed by atoms with van der Waals surface area (Å²) < 4.78 is 6.67. The Morgan fingerprint density at radius 2 is 2.40 bits per heavy atom. The van der Waals surface area contributed by atoms with Crippen LogP contribution in [0.4, 0.5) is 0 Å². The van der Waals surface area contributed by atoms with Crippen molar-refractivity contribution in [2.24, 2.45) is 0 Å². The van der Waals surface area contributed by atoms with Crippen molar-refractivity contribution in [3.05, 3.63) is 28.8 Å². The second-order valence-electron chi connectivity index (χ2n) is 4.65. The molecular weight excluding hydrogens is 298 g/mol. The van der Waals surface area contributed by atoms with Crippen LogP contribution in [0.1, 0.15) is 5.76 Å². The summed E-state index contributed by atoms with van der Waals surface area (Å²) in [6.45, 7) is 0. The molecule has 4 heterocycles. The van der Waals surface area contributed by atoms with Gasteiger partial charge in [0, 0.05) is 11.8 Å². The molecule has 7 heteroatoms. The maximum Gasteiger partial charge on any atom is 0.327 e. The number of hydrogen-bond acceptors (Lipinski definition) is 5. The lowest BCUT2D eigenvalue weighted by Gasteiger charge is -2.38. The zero-order chi connectivity index (χ0) is 13.9. The first-order valence-corrected chi connectivity index (χ1v) is 7.94. The monoisotopic (exact) mass is 307 g/mol. The fourth-order valence-electron chi connectivity index (χ4n) is 2.51. The molecule has 0 saturated carbocycles. The summed E-state index contributed by atoms with van der Waals surface area (Å²) in [6.07, 6.45) is 1.73. The summed E-state index contributed by atoms with van der Waals surface area (Å²) in [7, 11) is 0. The Hall–Kier alpha value is -1.73. The first kappa shape index (κ1) is 12.0. The molecule has 20 heavy (non-hydrogen) atoms. The molecule has 4 rings (SSSR count). The standard InChI is InChI=1S/C13H9NO4S2/c15-11-7(12-14(11)8(5-20-12)13(16)17)3-6-4-10-9(18-6)1-2-19-10/h1-4,8,12H,5H2,(H,16,17)/t8?,12-/m1/s1. The number of carbonyl (C=O) groups excluding carboxylic acids is 1. The maximum atomic E-state index is 12.1. The van der Waals surface area contributed by atoms with Gasteiger partial charge < -0.3 is 14.4 Å². The molecule has 2 aliphatic rings. The van der Waals surface area contributed by atoms with Crippen LogP contribution in [-0.2, 0) is 9.59 Å². The Bertz CT molecular complexity index is 731. The summed E-state index contributed by atoms with van der Waals surface area (Å²) in [6, 6.07) is 3.09. The van der Waals surface area contributed by atoms with E-state index in [-0.39, 0.29) is 11.3 Å². The molecule has 0 aromatic carbocycles. The molecule has 1 unspecified atom stereocenters. The van der Waals surface area contributed by atoms with Crippen LogP contribution in [0.5, 0.6) is 0 Å². The number of carboxylic acids is 1. The SMILES string of the molecule is O=C(O)C1CS[C@@H]2C(=Cc3cc4sccc4o3)C(=O)N12. The smallest absolute Gasteiger partial charge is 0.327 e. The normalized spacial score (nSPS) is 27.1. The molecule has 0 spiro atoms. The lowest BCUT2D eigenvalue weighted by molar-refractivity contribution is -0.150. The highest BCUT2D eigenvalue weighted by Crippen LogP contribution is 2.44. The summed E-state index contributed by atoms with van der Waals surface area (Å²) >= 11 is 3.07. The third kappa shape index (κ3) is 1.56. The first-order chi connectivity index (χ1) is 9.65. The fourth-order valence-corrected chi connectivity index (χ4v) is 4.68. The Balaban J connectivity index is 1.64. The van der Waals surface area contributed by atoms with E-state index in [1.807, 2.05) is 17.5 Å². The van der Waals surface area contributed by atoms with E-state index in [9.17, 15) is 9.59 Å². The molecule has 102 valence electrons. The van der Waals surface area contributed by atoms with Gasteiger partial charge in [-0.3, -0.25) is 4.79 Å². The molecule has 2 atom stereocenters. The van der Waals surface area contributed by atoms with Crippen molar-refractivity contribution in [1.29, 1.82) is 0 Å². The van der Waals surface area contributed by atoms with Gasteiger partial charge in [0.15, 0.2) is 0 Å². The van der Waals surface area contributed by atoms with Gasteiger partial charge in [0.1, 0.15) is 22.8 Å². The molecule has 2 aliphatic heterocycles. The summed E-state index contributed by atoms with van der Waals surface area (Å²) in [4.78, 5) is 24.5. The number of hydrogen-bond donors (Lipinski definition) is 1. The predicted octanol–water partition coefficient (Wildman–Crippen LogP) is 2.25. The maximum absolute atomic E-state index is 12.1. The number of nitrogens with zero attached hydrogens (tertiary/aromatic N) is 1. The van der Waals surface area contributed by atoms with Crippen molar-refractivity contribution >= 4 is 51.3 Å². The van der Waals surface area contributed by atoms with Gasteiger partial charge >= 0.3 is 5.97 Å². The van der Waals surface area contributed by atoms with E-state index < -0.39 is 12.0 Å². The highest BCUT2D eigenvalue weighted by molar-refractivity contribution is 8.00. The van der Waals surface area contributed by atoms with Crippen molar-refractivity contribution in [2.75, 3.05) is 5.75 Å². The molecule has 2 aromatic heterocycles. The van der Waals surface area contributed by atoms with Crippen molar-refractivity contribution in [3.8, 4) is 0 Å². The van der Waals surface area contributed by atoms with Gasteiger partial charge in [0.25, 0.3) is 5.91 Å². The number of furan rings is 1. The van der Waals surface area contributed by atoms with Crippen LogP contribution in [0, 0.1) is 0 Å². The van der Waals surface area contributed by atoms with E-state index in [4.69, 9.17) is 9.52 Å². The van der Waals surface area contributed by atoms with Gasteiger partial charge in [0.2, 0.25) is 0 Å². The number of fused-ring (bicyclic) bond motifs is 2. The van der Waals surface area contributed by atoms with Gasteiger partial charge in [-0.05, 0) is 17.5 Å². The third-order valence-electron chi connectivity index (χ3n) is 3.49. The van der Waals surface area contributed by atoms with E-state index in [0.717, 1.165) is 10.3 Å². The number of rotatable bonds is 2. The highest BCUT2D eigenvalue weighted by atomic mass is 32.2. The molecular formula is C13H9NO4S2. The van der Waals surface area contributed by atoms with Crippen molar-refractivity contribution in [1.82, 2.24) is 4.90 Å². The number of aliphatic carboxylic acids is 1. The number of β-lactam (4-membered cyclic amide) rings is 1. The number of thiophene rings is 1. The fraction of sp³-hybridized carbons (Fsp3) is 0.231. The minimum absolute atomic E-state index is 0.147. The molecule has 5 nitrogen and oxygen atoms in total. The lowest BCUT2D eigenvalue weighted by atomic mass is 10.0. The second-order valence-corrected chi connectivity index (χ2v) is 6.71. The summed E-state index contributed by atoms with van der Waals surface area (Å²) in [5, 5.41) is 10.9. The predicted molar refractivity (Wildman–Crippen MR) is 76.6 cm³/mol. The van der Waals surface area contributed by atoms with Crippen LogP contribution < -0.4 is 0 Å². The molecule has 2 saturated heterocycles. The Morgan fingerprint density at radius 3 is 3.15 bits per heavy atom. The van der Waals surface area contributed by atoms with Crippen LogP contribution in [0.15, 0.2) is 27.5 Å². The second kappa shape index (κ2) is 4.13. The number of amides is 1. The number of thioether (sulfide) groups is 1. The van der Waals surface area contributed by atoms with Gasteiger partial charge in [0.05, 0.1) is 10.3 Å². The minimum atomic E-state index is -0.939. The molecule has 2 fully saturated rings. The van der Waals surface area contributed by atoms with E-state index >= 15 is 0 Å². The largest absolute Gasteiger partial charge is 0.480 e. The quantitative estimate of drug-likeness (QED) is 0.680. The topological polar surface area (TPSA) is 70.7 Å². The van der Waals surface area contributed by atoms with Crippen LogP contribution in [0.3, 0.4) is 0 Å². The van der Waals surface area contributed by atoms with Gasteiger partial charge in [-0.25, -0.2) is 4.79 Å². The zero-order valence-electron chi connectivity index (χ0n) is 10.1. The highest BCUT2D eigenvalue weighted by Gasteiger charge is 2.53. The zero-order valence-corrected chi connectivity index (χ0v) is 11.7. The number of carboxylic acid groups (broad SMARTS) is 1. The van der Waals surface area contributed by atoms with Gasteiger partial charge in [-0.2, -0.15) is 0 Å². The Labute approximate surface area is 121 Å². The Kier molecular flexibility index (Phi) is 2.49. The van der Waals surface area contributed by atoms with Crippen molar-refractivity contribution in [3.63, 3.8) is 0 Å². The molecule has 2 aromatic rings. The van der Waals surface area contributed by atoms with E-state index in [2.05, 4.69) is 0 Å². The van der Waals surface area contributed by atoms with Crippen molar-refractivity contribution < 1.29 is 19.1 Å². The van der Waals surface area contributed by atoms with Gasteiger partial charge in [-0.15, -0.1) is 23.1 Å². The lowest BCUT2D eigenvalue weighted by Crippen LogP contribution is -2.56. The molecule has 1 amide bonds. The van der Waals surface area contributed by atoms with Crippen LogP contribution in [-0.4, -0.2) is 39.1 Å². The van der Waals surface area contributed by atoms with E-state index in [0.29, 0.717) is 17.1 Å². The third-order valence-corrected chi connectivity index (χ3v) is 5.64. The summed E-state index contributed by atoms with van der Waals surface area (Å²) in [5.74, 6) is -0.0525. The molecule has 0 aliphatic carbocycles. The average Bonchev–Trinajstić information content (AvgIpc) is 3.07. The minimum Gasteiger partial charge on any atom is -0.480 e. The van der Waals surface area contributed by atoms with E-state index in [1.54, 1.807) is 17.4 Å². The van der Waals surface area contributed by atoms with Crippen LogP contribution >= 0.6 is 23.1 Å². The van der Waals surface area contributed by atoms with Gasteiger partial charge in [-0.1, -0.05) is 0 Å².